The van der Waals surface area contributed by atoms with Gasteiger partial charge in [-0.3, -0.25) is 4.79 Å². The van der Waals surface area contributed by atoms with Gasteiger partial charge >= 0.3 is 0 Å². The first kappa shape index (κ1) is 18.0. The topological polar surface area (TPSA) is 115 Å². The van der Waals surface area contributed by atoms with Gasteiger partial charge in [0.2, 0.25) is 0 Å². The van der Waals surface area contributed by atoms with Crippen LogP contribution in [0.1, 0.15) is 26.4 Å². The summed E-state index contributed by atoms with van der Waals surface area (Å²) in [5.74, 6) is -0.407. The number of nitrogen functional groups attached to an aromatic ring is 1. The highest BCUT2D eigenvalue weighted by Crippen LogP contribution is 2.37. The molecular weight excluding hydrogens is 358 g/mol. The van der Waals surface area contributed by atoms with Gasteiger partial charge in [-0.15, -0.1) is 11.3 Å². The van der Waals surface area contributed by atoms with Crippen molar-refractivity contribution in [2.45, 2.75) is 6.92 Å². The van der Waals surface area contributed by atoms with Gasteiger partial charge in [-0.05, 0) is 43.3 Å². The van der Waals surface area contributed by atoms with Crippen LogP contribution in [0.4, 0.5) is 22.1 Å². The third-order valence-electron chi connectivity index (χ3n) is 3.84. The van der Waals surface area contributed by atoms with E-state index >= 15 is 0 Å². The molecule has 0 aliphatic heterocycles. The lowest BCUT2D eigenvalue weighted by atomic mass is 10.2. The fraction of sp³-hybridized carbons (Fsp3) is 0.0500. The number of aryl methyl sites for hydroxylation is 1. The van der Waals surface area contributed by atoms with Gasteiger partial charge in [0.05, 0.1) is 17.3 Å². The summed E-state index contributed by atoms with van der Waals surface area (Å²) in [4.78, 5) is 12.8. The van der Waals surface area contributed by atoms with Crippen molar-refractivity contribution in [2.24, 2.45) is 0 Å². The fourth-order valence-corrected chi connectivity index (χ4v) is 3.38. The second-order valence-corrected chi connectivity index (χ2v) is 6.82. The van der Waals surface area contributed by atoms with Crippen LogP contribution in [0.3, 0.4) is 0 Å². The molecule has 0 radical (unpaired) electrons. The maximum absolute atomic E-state index is 12.6. The summed E-state index contributed by atoms with van der Waals surface area (Å²) in [6.07, 6.45) is 0. The Balaban J connectivity index is 1.85. The van der Waals surface area contributed by atoms with Gasteiger partial charge in [0.25, 0.3) is 5.91 Å². The average molecular weight is 373 g/mol. The first-order valence-corrected chi connectivity index (χ1v) is 8.81. The monoisotopic (exact) mass is 373 g/mol. The lowest BCUT2D eigenvalue weighted by Crippen LogP contribution is -2.12. The molecule has 3 rings (SSSR count). The summed E-state index contributed by atoms with van der Waals surface area (Å²) in [5.41, 5.74) is 9.38. The molecule has 1 aromatic heterocycles. The molecule has 7 heteroatoms. The van der Waals surface area contributed by atoms with E-state index in [2.05, 4.69) is 16.7 Å². The van der Waals surface area contributed by atoms with Gasteiger partial charge in [-0.25, -0.2) is 0 Å². The van der Waals surface area contributed by atoms with E-state index < -0.39 is 5.91 Å². The summed E-state index contributed by atoms with van der Waals surface area (Å²) < 4.78 is 0. The number of nitrogens with two attached hydrogens (primary N) is 1. The largest absolute Gasteiger partial charge is 0.396 e. The van der Waals surface area contributed by atoms with E-state index in [1.165, 1.54) is 0 Å². The lowest BCUT2D eigenvalue weighted by Gasteiger charge is -2.04. The Bertz CT molecular complexity index is 1070. The molecule has 2 aromatic carbocycles. The maximum atomic E-state index is 12.6. The number of benzene rings is 2. The summed E-state index contributed by atoms with van der Waals surface area (Å²) >= 11 is 1.12. The Morgan fingerprint density at radius 1 is 1.00 bits per heavy atom. The number of carbonyl (C=O) groups excluding carboxylic acids is 1. The zero-order chi connectivity index (χ0) is 19.4. The minimum absolute atomic E-state index is 0.142. The predicted octanol–water partition coefficient (Wildman–Crippen LogP) is 4.38. The average Bonchev–Trinajstić information content (AvgIpc) is 2.99. The zero-order valence-corrected chi connectivity index (χ0v) is 15.2. The van der Waals surface area contributed by atoms with E-state index in [4.69, 9.17) is 11.0 Å². The van der Waals surface area contributed by atoms with E-state index in [-0.39, 0.29) is 16.1 Å². The highest BCUT2D eigenvalue weighted by atomic mass is 32.1. The number of nitrogens with one attached hydrogen (secondary N) is 2. The predicted molar refractivity (Wildman–Crippen MR) is 107 cm³/mol. The van der Waals surface area contributed by atoms with Gasteiger partial charge in [0, 0.05) is 11.4 Å². The molecule has 0 aliphatic rings. The molecule has 0 saturated carbocycles. The molecule has 4 N–H and O–H groups in total. The molecule has 132 valence electrons. The van der Waals surface area contributed by atoms with Crippen LogP contribution in [-0.2, 0) is 0 Å². The minimum atomic E-state index is -0.407. The number of hydrogen-bond acceptors (Lipinski definition) is 6. The van der Waals surface area contributed by atoms with Crippen molar-refractivity contribution in [3.63, 3.8) is 0 Å². The van der Waals surface area contributed by atoms with Crippen LogP contribution in [0.15, 0.2) is 48.5 Å². The molecule has 6 nitrogen and oxygen atoms in total. The van der Waals surface area contributed by atoms with Crippen LogP contribution >= 0.6 is 11.3 Å². The summed E-state index contributed by atoms with van der Waals surface area (Å²) in [7, 11) is 0. The van der Waals surface area contributed by atoms with Crippen molar-refractivity contribution < 1.29 is 4.79 Å². The molecule has 27 heavy (non-hydrogen) atoms. The van der Waals surface area contributed by atoms with Crippen LogP contribution in [-0.4, -0.2) is 5.91 Å². The second-order valence-electron chi connectivity index (χ2n) is 5.80. The normalized spacial score (nSPS) is 9.89. The van der Waals surface area contributed by atoms with Crippen LogP contribution in [0.2, 0.25) is 0 Å². The molecule has 0 bridgehead atoms. The van der Waals surface area contributed by atoms with Gasteiger partial charge in [-0.1, -0.05) is 17.7 Å². The quantitative estimate of drug-likeness (QED) is 0.628. The van der Waals surface area contributed by atoms with Crippen molar-refractivity contribution in [3.8, 4) is 12.1 Å². The van der Waals surface area contributed by atoms with E-state index in [1.807, 2.05) is 37.3 Å². The number of amides is 1. The number of nitriles is 2. The van der Waals surface area contributed by atoms with Crippen LogP contribution in [0.5, 0.6) is 0 Å². The standard InChI is InChI=1S/C20H15N5OS/c1-12-2-6-15(7-3-12)25-20-16(11-22)17(23)18(27-20)19(26)24-14-8-4-13(10-21)5-9-14/h2-9,25H,23H2,1H3,(H,24,26). The second kappa shape index (κ2) is 7.61. The van der Waals surface area contributed by atoms with Crippen molar-refractivity contribution in [1.29, 1.82) is 10.5 Å². The van der Waals surface area contributed by atoms with Crippen LogP contribution < -0.4 is 16.4 Å². The molecule has 0 saturated heterocycles. The summed E-state index contributed by atoms with van der Waals surface area (Å²) in [6.45, 7) is 1.99. The van der Waals surface area contributed by atoms with Crippen molar-refractivity contribution in [3.05, 3.63) is 70.1 Å². The number of nitrogens with zero attached hydrogens (tertiary/aromatic N) is 2. The SMILES string of the molecule is Cc1ccc(Nc2sc(C(=O)Nc3ccc(C#N)cc3)c(N)c2C#N)cc1. The summed E-state index contributed by atoms with van der Waals surface area (Å²) in [6, 6.07) is 18.2. The van der Waals surface area contributed by atoms with Gasteiger partial charge < -0.3 is 16.4 Å². The number of anilines is 4. The molecule has 0 spiro atoms. The molecular formula is C20H15N5OS. The molecule has 1 amide bonds. The zero-order valence-electron chi connectivity index (χ0n) is 14.4. The Morgan fingerprint density at radius 3 is 2.22 bits per heavy atom. The van der Waals surface area contributed by atoms with E-state index in [9.17, 15) is 10.1 Å². The third kappa shape index (κ3) is 3.90. The van der Waals surface area contributed by atoms with Gasteiger partial charge in [-0.2, -0.15) is 10.5 Å². The number of carbonyl (C=O) groups is 1. The van der Waals surface area contributed by atoms with Gasteiger partial charge in [0.1, 0.15) is 21.5 Å². The lowest BCUT2D eigenvalue weighted by molar-refractivity contribution is 0.103. The first-order valence-electron chi connectivity index (χ1n) is 7.99. The smallest absolute Gasteiger partial charge is 0.267 e. The number of rotatable bonds is 4. The Kier molecular flexibility index (Phi) is 5.07. The molecule has 0 aliphatic carbocycles. The van der Waals surface area contributed by atoms with Crippen molar-refractivity contribution >= 4 is 39.3 Å². The molecule has 1 heterocycles. The van der Waals surface area contributed by atoms with Crippen LogP contribution in [0.25, 0.3) is 0 Å². The summed E-state index contributed by atoms with van der Waals surface area (Å²) in [5, 5.41) is 24.7. The Hall–Kier alpha value is -3.81. The third-order valence-corrected chi connectivity index (χ3v) is 4.96. The Morgan fingerprint density at radius 2 is 1.63 bits per heavy atom. The first-order chi connectivity index (χ1) is 13.0. The molecule has 3 aromatic rings. The highest BCUT2D eigenvalue weighted by molar-refractivity contribution is 7.19. The van der Waals surface area contributed by atoms with E-state index in [0.717, 1.165) is 22.6 Å². The molecule has 0 atom stereocenters. The van der Waals surface area contributed by atoms with Crippen LogP contribution in [0, 0.1) is 29.6 Å². The maximum Gasteiger partial charge on any atom is 0.267 e. The van der Waals surface area contributed by atoms with Gasteiger partial charge in [0.15, 0.2) is 0 Å². The fourth-order valence-electron chi connectivity index (χ4n) is 2.40. The number of thiophene rings is 1. The highest BCUT2D eigenvalue weighted by Gasteiger charge is 2.21. The minimum Gasteiger partial charge on any atom is -0.396 e. The Labute approximate surface area is 160 Å². The molecule has 0 fully saturated rings. The van der Waals surface area contributed by atoms with Crippen molar-refractivity contribution in [1.82, 2.24) is 0 Å². The van der Waals surface area contributed by atoms with E-state index in [1.54, 1.807) is 24.3 Å². The number of hydrogen-bond donors (Lipinski definition) is 3. The van der Waals surface area contributed by atoms with Crippen molar-refractivity contribution in [2.75, 3.05) is 16.4 Å². The van der Waals surface area contributed by atoms with E-state index in [0.29, 0.717) is 16.3 Å². The molecule has 0 unspecified atom stereocenters.